The summed E-state index contributed by atoms with van der Waals surface area (Å²) in [6.45, 7) is 15.0. The van der Waals surface area contributed by atoms with E-state index in [1.54, 1.807) is 6.20 Å². The molecule has 1 saturated carbocycles. The second-order valence-corrected chi connectivity index (χ2v) is 17.2. The molecule has 9 rings (SSSR count). The molecule has 8 aromatic rings. The molecule has 1 radical (unpaired) electrons. The van der Waals surface area contributed by atoms with Crippen molar-refractivity contribution in [1.29, 1.82) is 0 Å². The van der Waals surface area contributed by atoms with Crippen molar-refractivity contribution in [1.82, 2.24) is 14.4 Å². The molecule has 4 aromatic carbocycles. The molecular formula is C49H49IrN3-2. The number of fused-ring (bicyclic) bond motifs is 6. The number of hydrogen-bond donors (Lipinski definition) is 0. The van der Waals surface area contributed by atoms with E-state index in [1.165, 1.54) is 38.1 Å². The number of nitrogens with zero attached hydrogens (tertiary/aromatic N) is 3. The number of hydrogen-bond acceptors (Lipinski definition) is 2. The first kappa shape index (κ1) is 33.2. The van der Waals surface area contributed by atoms with Crippen LogP contribution in [-0.2, 0) is 26.5 Å². The van der Waals surface area contributed by atoms with Crippen LogP contribution in [0, 0.1) is 28.4 Å². The number of benzene rings is 4. The molecule has 53 heavy (non-hydrogen) atoms. The Morgan fingerprint density at radius 2 is 1.36 bits per heavy atom. The predicted octanol–water partition coefficient (Wildman–Crippen LogP) is 13.2. The van der Waals surface area contributed by atoms with Crippen LogP contribution < -0.4 is 0 Å². The van der Waals surface area contributed by atoms with E-state index in [0.29, 0.717) is 5.56 Å². The quantitative estimate of drug-likeness (QED) is 0.165. The third-order valence-corrected chi connectivity index (χ3v) is 10.2. The van der Waals surface area contributed by atoms with Gasteiger partial charge >= 0.3 is 0 Å². The van der Waals surface area contributed by atoms with Crippen LogP contribution in [0.4, 0.5) is 0 Å². The van der Waals surface area contributed by atoms with Crippen molar-refractivity contribution in [2.75, 3.05) is 0 Å². The molecule has 4 aromatic heterocycles. The fourth-order valence-corrected chi connectivity index (χ4v) is 8.75. The summed E-state index contributed by atoms with van der Waals surface area (Å²) in [7, 11) is 0. The van der Waals surface area contributed by atoms with E-state index in [-0.39, 0.29) is 30.9 Å². The summed E-state index contributed by atoms with van der Waals surface area (Å²) in [5, 5.41) is 4.91. The Hall–Kier alpha value is -4.37. The molecule has 0 bridgehead atoms. The summed E-state index contributed by atoms with van der Waals surface area (Å²) in [4.78, 5) is 9.15. The van der Waals surface area contributed by atoms with Gasteiger partial charge in [-0.25, -0.2) is 0 Å². The monoisotopic (exact) mass is 875 g/mol. The first-order chi connectivity index (χ1) is 26.0. The van der Waals surface area contributed by atoms with Gasteiger partial charge in [0, 0.05) is 63.7 Å². The van der Waals surface area contributed by atoms with Crippen LogP contribution >= 0.6 is 0 Å². The van der Waals surface area contributed by atoms with Gasteiger partial charge in [0.1, 0.15) is 0 Å². The Labute approximate surface area is 332 Å². The van der Waals surface area contributed by atoms with Crippen molar-refractivity contribution in [3.05, 3.63) is 139 Å². The van der Waals surface area contributed by atoms with Gasteiger partial charge in [-0.05, 0) is 82.4 Å². The number of rotatable bonds is 4. The van der Waals surface area contributed by atoms with Crippen LogP contribution in [0.5, 0.6) is 0 Å². The molecule has 0 atom stereocenters. The Morgan fingerprint density at radius 1 is 0.717 bits per heavy atom. The van der Waals surface area contributed by atoms with Crippen molar-refractivity contribution < 1.29 is 24.2 Å². The molecular weight excluding hydrogens is 823 g/mol. The Balaban J connectivity index is 0.000000205. The molecule has 4 heteroatoms. The minimum absolute atomic E-state index is 0. The minimum Gasteiger partial charge on any atom is -0.309 e. The third kappa shape index (κ3) is 7.55. The van der Waals surface area contributed by atoms with Crippen molar-refractivity contribution in [2.24, 2.45) is 16.2 Å². The second kappa shape index (κ2) is 14.1. The molecule has 0 amide bonds. The van der Waals surface area contributed by atoms with Gasteiger partial charge in [-0.2, -0.15) is 0 Å². The standard InChI is InChI=1S/C33H31N2.C16H18N.Ir/c1-32(2)17-23(18-33(3,4)20-32)22-13-14-29-26(15-22)24-11-8-12-25-27-19-34-28(21-9-6-5-7-10-21)16-30(27)35(29)31(24)25;1-16(2,3)11-13-9-10-15(17-12-13)14-7-5-4-6-8-14;/h5-9,11-16,19,23H,17-18,20H2,1-4H3;4-7,9-10,12H,11H2,1-3H3;/q2*-1;/i23D;11D2;. The topological polar surface area (TPSA) is 30.2 Å². The molecule has 271 valence electrons. The molecule has 0 unspecified atom stereocenters. The molecule has 0 N–H and O–H groups in total. The summed E-state index contributed by atoms with van der Waals surface area (Å²) in [5.41, 5.74) is 8.90. The van der Waals surface area contributed by atoms with E-state index in [1.807, 2.05) is 81.6 Å². The third-order valence-electron chi connectivity index (χ3n) is 10.2. The van der Waals surface area contributed by atoms with Crippen LogP contribution in [0.1, 0.15) is 88.9 Å². The maximum Gasteiger partial charge on any atom is 0.0620 e. The number of pyridine rings is 2. The average molecular weight is 875 g/mol. The number of para-hydroxylation sites is 1. The SMILES string of the molecule is [2H]C([2H])(c1ccc(-c2[c-]cccc2)nc1)C(C)(C)C.[2H]C1(c2ccc3c(c2)c2cccc4c5cnc(-c6[c-]cccc6)cc5n3c24)CC(C)(C)CC(C)(C)C1.[Ir]. The normalized spacial score (nSPS) is 17.5. The smallest absolute Gasteiger partial charge is 0.0620 e. The average Bonchev–Trinajstić information content (AvgIpc) is 3.66. The fourth-order valence-electron chi connectivity index (χ4n) is 8.75. The van der Waals surface area contributed by atoms with E-state index >= 15 is 0 Å². The van der Waals surface area contributed by atoms with Crippen molar-refractivity contribution in [3.8, 4) is 22.5 Å². The summed E-state index contributed by atoms with van der Waals surface area (Å²) in [6, 6.07) is 41.4. The predicted molar refractivity (Wildman–Crippen MR) is 219 cm³/mol. The van der Waals surface area contributed by atoms with Gasteiger partial charge in [0.15, 0.2) is 0 Å². The summed E-state index contributed by atoms with van der Waals surface area (Å²) >= 11 is 0. The van der Waals surface area contributed by atoms with Gasteiger partial charge < -0.3 is 14.4 Å². The molecule has 1 aliphatic carbocycles. The van der Waals surface area contributed by atoms with Crippen LogP contribution in [0.25, 0.3) is 60.6 Å². The summed E-state index contributed by atoms with van der Waals surface area (Å²) < 4.78 is 28.5. The molecule has 1 fully saturated rings. The van der Waals surface area contributed by atoms with E-state index in [4.69, 9.17) is 7.73 Å². The zero-order valence-electron chi connectivity index (χ0n) is 34.8. The fraction of sp³-hybridized carbons (Fsp3) is 0.306. The summed E-state index contributed by atoms with van der Waals surface area (Å²) in [5.74, 6) is -0.576. The van der Waals surface area contributed by atoms with Gasteiger partial charge in [0.2, 0.25) is 0 Å². The first-order valence-corrected chi connectivity index (χ1v) is 18.5. The summed E-state index contributed by atoms with van der Waals surface area (Å²) in [6.07, 6.45) is 5.19. The molecule has 1 aliphatic rings. The Bertz CT molecular complexity index is 2620. The Morgan fingerprint density at radius 3 is 1.96 bits per heavy atom. The molecule has 0 aliphatic heterocycles. The van der Waals surface area contributed by atoms with E-state index < -0.39 is 17.7 Å². The molecule has 3 nitrogen and oxygen atoms in total. The van der Waals surface area contributed by atoms with Gasteiger partial charge in [-0.15, -0.1) is 71.8 Å². The molecule has 4 heterocycles. The second-order valence-electron chi connectivity index (χ2n) is 17.2. The maximum absolute atomic E-state index is 9.64. The van der Waals surface area contributed by atoms with Crippen molar-refractivity contribution >= 4 is 38.1 Å². The zero-order chi connectivity index (χ0) is 39.0. The van der Waals surface area contributed by atoms with E-state index in [0.717, 1.165) is 47.3 Å². The van der Waals surface area contributed by atoms with E-state index in [2.05, 4.69) is 97.7 Å². The van der Waals surface area contributed by atoms with Crippen molar-refractivity contribution in [3.63, 3.8) is 0 Å². The van der Waals surface area contributed by atoms with Gasteiger partial charge in [-0.1, -0.05) is 90.9 Å². The van der Waals surface area contributed by atoms with Gasteiger partial charge in [0.05, 0.1) is 11.0 Å². The van der Waals surface area contributed by atoms with Crippen LogP contribution in [0.3, 0.4) is 0 Å². The maximum atomic E-state index is 9.64. The van der Waals surface area contributed by atoms with Gasteiger partial charge in [0.25, 0.3) is 0 Å². The van der Waals surface area contributed by atoms with Crippen LogP contribution in [0.15, 0.2) is 116 Å². The van der Waals surface area contributed by atoms with Crippen LogP contribution in [-0.4, -0.2) is 14.4 Å². The molecule has 0 spiro atoms. The molecule has 0 saturated heterocycles. The van der Waals surface area contributed by atoms with E-state index in [9.17, 15) is 1.37 Å². The van der Waals surface area contributed by atoms with Gasteiger partial charge in [-0.3, -0.25) is 0 Å². The van der Waals surface area contributed by atoms with Crippen molar-refractivity contribution in [2.45, 2.75) is 80.0 Å². The first-order valence-electron chi connectivity index (χ1n) is 20.0. The Kier molecular flexibility index (Phi) is 8.85. The largest absolute Gasteiger partial charge is 0.309 e. The zero-order valence-corrected chi connectivity index (χ0v) is 34.2. The minimum atomic E-state index is -1.40. The number of aromatic nitrogens is 3. The van der Waals surface area contributed by atoms with Crippen LogP contribution in [0.2, 0.25) is 0 Å².